The van der Waals surface area contributed by atoms with Crippen molar-refractivity contribution in [2.45, 2.75) is 39.3 Å². The number of rotatable bonds is 4. The number of aliphatic hydroxyl groups excluding tert-OH is 1. The van der Waals surface area contributed by atoms with E-state index in [1.165, 1.54) is 0 Å². The van der Waals surface area contributed by atoms with Gasteiger partial charge in [0.2, 0.25) is 5.28 Å². The number of hydrogen-bond acceptors (Lipinski definition) is 4. The minimum atomic E-state index is -0.428. The second kappa shape index (κ2) is 5.28. The molecule has 0 spiro atoms. The summed E-state index contributed by atoms with van der Waals surface area (Å²) in [5.41, 5.74) is 0.915. The lowest BCUT2D eigenvalue weighted by Crippen LogP contribution is -2.31. The van der Waals surface area contributed by atoms with Crippen LogP contribution in [0.4, 0.5) is 5.82 Å². The number of nitrogens with one attached hydrogen (secondary N) is 1. The van der Waals surface area contributed by atoms with Crippen LogP contribution in [0, 0.1) is 6.92 Å². The van der Waals surface area contributed by atoms with Crippen LogP contribution in [0.1, 0.15) is 25.8 Å². The SMILES string of the molecule is CCC(Nc1nc(Cl)ncc1C)C(C)O. The Morgan fingerprint density at radius 2 is 2.27 bits per heavy atom. The molecule has 0 bridgehead atoms. The first kappa shape index (κ1) is 12.2. The van der Waals surface area contributed by atoms with Gasteiger partial charge in [-0.2, -0.15) is 0 Å². The Hall–Kier alpha value is -0.870. The van der Waals surface area contributed by atoms with Gasteiger partial charge >= 0.3 is 0 Å². The van der Waals surface area contributed by atoms with Crippen molar-refractivity contribution in [2.75, 3.05) is 5.32 Å². The predicted octanol–water partition coefficient (Wildman–Crippen LogP) is 2.01. The Labute approximate surface area is 94.7 Å². The Bertz CT molecular complexity index is 330. The second-order valence-corrected chi connectivity index (χ2v) is 3.91. The summed E-state index contributed by atoms with van der Waals surface area (Å²) in [6.07, 6.45) is 2.05. The third-order valence-electron chi connectivity index (χ3n) is 2.29. The van der Waals surface area contributed by atoms with E-state index in [1.54, 1.807) is 13.1 Å². The minimum absolute atomic E-state index is 0.0188. The van der Waals surface area contributed by atoms with E-state index in [4.69, 9.17) is 11.6 Å². The zero-order valence-electron chi connectivity index (χ0n) is 9.16. The van der Waals surface area contributed by atoms with Crippen molar-refractivity contribution in [3.63, 3.8) is 0 Å². The lowest BCUT2D eigenvalue weighted by Gasteiger charge is -2.21. The molecule has 0 fully saturated rings. The summed E-state index contributed by atoms with van der Waals surface area (Å²) in [5.74, 6) is 0.683. The Morgan fingerprint density at radius 3 is 2.80 bits per heavy atom. The standard InChI is InChI=1S/C10H16ClN3O/c1-4-8(7(3)15)13-9-6(2)5-12-10(11)14-9/h5,7-8,15H,4H2,1-3H3,(H,12,13,14). The molecule has 2 atom stereocenters. The van der Waals surface area contributed by atoms with Gasteiger partial charge in [-0.05, 0) is 31.9 Å². The van der Waals surface area contributed by atoms with Gasteiger partial charge in [0.05, 0.1) is 12.1 Å². The van der Waals surface area contributed by atoms with Crippen molar-refractivity contribution in [3.05, 3.63) is 17.0 Å². The van der Waals surface area contributed by atoms with Crippen molar-refractivity contribution in [2.24, 2.45) is 0 Å². The highest BCUT2D eigenvalue weighted by Gasteiger charge is 2.14. The quantitative estimate of drug-likeness (QED) is 0.776. The predicted molar refractivity (Wildman–Crippen MR) is 61.2 cm³/mol. The van der Waals surface area contributed by atoms with E-state index in [2.05, 4.69) is 15.3 Å². The zero-order valence-corrected chi connectivity index (χ0v) is 9.91. The molecule has 0 saturated carbocycles. The van der Waals surface area contributed by atoms with Crippen LogP contribution in [-0.2, 0) is 0 Å². The smallest absolute Gasteiger partial charge is 0.224 e. The van der Waals surface area contributed by atoms with E-state index in [1.807, 2.05) is 13.8 Å². The first-order valence-electron chi connectivity index (χ1n) is 4.98. The molecule has 1 aromatic heterocycles. The molecule has 0 aromatic carbocycles. The first-order valence-corrected chi connectivity index (χ1v) is 5.36. The number of aliphatic hydroxyl groups is 1. The Morgan fingerprint density at radius 1 is 1.60 bits per heavy atom. The molecule has 15 heavy (non-hydrogen) atoms. The molecular formula is C10H16ClN3O. The lowest BCUT2D eigenvalue weighted by atomic mass is 10.1. The van der Waals surface area contributed by atoms with E-state index in [-0.39, 0.29) is 11.3 Å². The minimum Gasteiger partial charge on any atom is -0.391 e. The van der Waals surface area contributed by atoms with Crippen molar-refractivity contribution in [1.82, 2.24) is 9.97 Å². The van der Waals surface area contributed by atoms with Crippen LogP contribution >= 0.6 is 11.6 Å². The second-order valence-electron chi connectivity index (χ2n) is 3.57. The van der Waals surface area contributed by atoms with E-state index < -0.39 is 6.10 Å². The van der Waals surface area contributed by atoms with Gasteiger partial charge in [-0.15, -0.1) is 0 Å². The summed E-state index contributed by atoms with van der Waals surface area (Å²) in [4.78, 5) is 7.94. The summed E-state index contributed by atoms with van der Waals surface area (Å²) in [5, 5.41) is 12.9. The molecule has 84 valence electrons. The maximum atomic E-state index is 9.49. The summed E-state index contributed by atoms with van der Waals surface area (Å²) in [6.45, 7) is 5.65. The van der Waals surface area contributed by atoms with E-state index >= 15 is 0 Å². The Kier molecular flexibility index (Phi) is 4.29. The highest BCUT2D eigenvalue weighted by Crippen LogP contribution is 2.15. The van der Waals surface area contributed by atoms with Gasteiger partial charge in [0.25, 0.3) is 0 Å². The fraction of sp³-hybridized carbons (Fsp3) is 0.600. The molecule has 0 radical (unpaired) electrons. The number of aryl methyl sites for hydroxylation is 1. The number of aromatic nitrogens is 2. The largest absolute Gasteiger partial charge is 0.391 e. The van der Waals surface area contributed by atoms with Crippen molar-refractivity contribution in [1.29, 1.82) is 0 Å². The van der Waals surface area contributed by atoms with Crippen LogP contribution in [0.5, 0.6) is 0 Å². The fourth-order valence-electron chi connectivity index (χ4n) is 1.31. The molecule has 4 nitrogen and oxygen atoms in total. The average molecular weight is 230 g/mol. The van der Waals surface area contributed by atoms with Gasteiger partial charge in [-0.1, -0.05) is 6.92 Å². The molecule has 0 aliphatic rings. The summed E-state index contributed by atoms with van der Waals surface area (Å²) in [7, 11) is 0. The van der Waals surface area contributed by atoms with E-state index in [9.17, 15) is 5.11 Å². The summed E-state index contributed by atoms with van der Waals surface area (Å²) < 4.78 is 0. The van der Waals surface area contributed by atoms with Crippen LogP contribution in [0.2, 0.25) is 5.28 Å². The first-order chi connectivity index (χ1) is 7.04. The molecule has 1 heterocycles. The monoisotopic (exact) mass is 229 g/mol. The molecular weight excluding hydrogens is 214 g/mol. The van der Waals surface area contributed by atoms with E-state index in [0.29, 0.717) is 5.82 Å². The highest BCUT2D eigenvalue weighted by molar-refractivity contribution is 6.28. The number of hydrogen-bond donors (Lipinski definition) is 2. The highest BCUT2D eigenvalue weighted by atomic mass is 35.5. The van der Waals surface area contributed by atoms with Crippen molar-refractivity contribution < 1.29 is 5.11 Å². The molecule has 2 N–H and O–H groups in total. The number of halogens is 1. The molecule has 0 saturated heterocycles. The third-order valence-corrected chi connectivity index (χ3v) is 2.47. The van der Waals surface area contributed by atoms with Crippen molar-refractivity contribution >= 4 is 17.4 Å². The van der Waals surface area contributed by atoms with Crippen molar-refractivity contribution in [3.8, 4) is 0 Å². The summed E-state index contributed by atoms with van der Waals surface area (Å²) >= 11 is 5.70. The van der Waals surface area contributed by atoms with Crippen LogP contribution in [0.3, 0.4) is 0 Å². The molecule has 1 aromatic rings. The summed E-state index contributed by atoms with van der Waals surface area (Å²) in [6, 6.07) is -0.0188. The normalized spacial score (nSPS) is 14.7. The maximum Gasteiger partial charge on any atom is 0.224 e. The molecule has 0 aliphatic heterocycles. The number of anilines is 1. The fourth-order valence-corrected chi connectivity index (χ4v) is 1.44. The van der Waals surface area contributed by atoms with Gasteiger partial charge in [-0.25, -0.2) is 9.97 Å². The number of nitrogens with zero attached hydrogens (tertiary/aromatic N) is 2. The van der Waals surface area contributed by atoms with Crippen LogP contribution in [0.15, 0.2) is 6.20 Å². The topological polar surface area (TPSA) is 58.0 Å². The van der Waals surface area contributed by atoms with Gasteiger partial charge in [0.1, 0.15) is 5.82 Å². The molecule has 1 rings (SSSR count). The van der Waals surface area contributed by atoms with E-state index in [0.717, 1.165) is 12.0 Å². The third kappa shape index (κ3) is 3.32. The van der Waals surface area contributed by atoms with Crippen LogP contribution in [-0.4, -0.2) is 27.2 Å². The van der Waals surface area contributed by atoms with Gasteiger partial charge in [-0.3, -0.25) is 0 Å². The molecule has 2 unspecified atom stereocenters. The van der Waals surface area contributed by atoms with Crippen LogP contribution in [0.25, 0.3) is 0 Å². The lowest BCUT2D eigenvalue weighted by molar-refractivity contribution is 0.169. The molecule has 5 heteroatoms. The maximum absolute atomic E-state index is 9.49. The van der Waals surface area contributed by atoms with Gasteiger partial charge in [0, 0.05) is 11.8 Å². The van der Waals surface area contributed by atoms with Gasteiger partial charge in [0.15, 0.2) is 0 Å². The zero-order chi connectivity index (χ0) is 11.4. The molecule has 0 aliphatic carbocycles. The molecule has 0 amide bonds. The average Bonchev–Trinajstić information content (AvgIpc) is 2.18. The van der Waals surface area contributed by atoms with Crippen LogP contribution < -0.4 is 5.32 Å². The Balaban J connectivity index is 2.82. The van der Waals surface area contributed by atoms with Gasteiger partial charge < -0.3 is 10.4 Å².